The second-order valence-electron chi connectivity index (χ2n) is 7.67. The van der Waals surface area contributed by atoms with Crippen molar-refractivity contribution in [3.8, 4) is 0 Å². The third-order valence-electron chi connectivity index (χ3n) is 5.44. The van der Waals surface area contributed by atoms with E-state index < -0.39 is 0 Å². The molecule has 2 aromatic carbocycles. The minimum atomic E-state index is -0.300. The van der Waals surface area contributed by atoms with Gasteiger partial charge in [-0.25, -0.2) is 9.78 Å². The van der Waals surface area contributed by atoms with Gasteiger partial charge in [-0.05, 0) is 43.2 Å². The van der Waals surface area contributed by atoms with Crippen LogP contribution in [0.2, 0.25) is 0 Å². The van der Waals surface area contributed by atoms with Crippen LogP contribution >= 0.6 is 0 Å². The van der Waals surface area contributed by atoms with Crippen molar-refractivity contribution in [3.05, 3.63) is 65.4 Å². The maximum atomic E-state index is 13.1. The largest absolute Gasteiger partial charge is 0.463 e. The number of allylic oxidation sites excluding steroid dienone is 1. The highest BCUT2D eigenvalue weighted by Crippen LogP contribution is 2.40. The van der Waals surface area contributed by atoms with Gasteiger partial charge in [-0.1, -0.05) is 37.6 Å². The molecule has 1 aromatic heterocycles. The molecule has 6 nitrogen and oxygen atoms in total. The average Bonchev–Trinajstić information content (AvgIpc) is 3.11. The van der Waals surface area contributed by atoms with Gasteiger partial charge in [0.1, 0.15) is 0 Å². The molecule has 2 heterocycles. The van der Waals surface area contributed by atoms with E-state index in [1.165, 1.54) is 0 Å². The number of imidazole rings is 1. The molecule has 0 saturated carbocycles. The highest BCUT2D eigenvalue weighted by Gasteiger charge is 2.35. The molecule has 1 atom stereocenters. The predicted octanol–water partition coefficient (Wildman–Crippen LogP) is 4.73. The number of nitrogens with one attached hydrogen (secondary N) is 1. The van der Waals surface area contributed by atoms with E-state index >= 15 is 0 Å². The Labute approximate surface area is 177 Å². The molecule has 0 amide bonds. The number of hydrogen-bond acceptors (Lipinski definition) is 5. The molecule has 1 N–H and O–H groups in total. The molecule has 30 heavy (non-hydrogen) atoms. The number of carbonyl (C=O) groups excluding carboxylic acids is 1. The summed E-state index contributed by atoms with van der Waals surface area (Å²) in [6.45, 7) is 4.29. The number of benzene rings is 2. The van der Waals surface area contributed by atoms with Gasteiger partial charge in [-0.3, -0.25) is 4.57 Å². The molecular weight excluding hydrogens is 376 g/mol. The maximum Gasteiger partial charge on any atom is 0.338 e. The van der Waals surface area contributed by atoms with Gasteiger partial charge >= 0.3 is 5.97 Å². The highest BCUT2D eigenvalue weighted by molar-refractivity contribution is 5.94. The monoisotopic (exact) mass is 404 g/mol. The van der Waals surface area contributed by atoms with Gasteiger partial charge in [0.05, 0.1) is 29.3 Å². The molecule has 0 saturated heterocycles. The first kappa shape index (κ1) is 20.0. The Morgan fingerprint density at radius 1 is 1.13 bits per heavy atom. The molecule has 0 unspecified atom stereocenters. The Morgan fingerprint density at radius 2 is 1.87 bits per heavy atom. The minimum absolute atomic E-state index is 0.279. The lowest BCUT2D eigenvalue weighted by Crippen LogP contribution is -2.29. The molecule has 0 bridgehead atoms. The Bertz CT molecular complexity index is 1100. The first-order chi connectivity index (χ1) is 14.5. The Kier molecular flexibility index (Phi) is 5.48. The van der Waals surface area contributed by atoms with Crippen molar-refractivity contribution in [3.63, 3.8) is 0 Å². The third-order valence-corrected chi connectivity index (χ3v) is 5.44. The van der Waals surface area contributed by atoms with Crippen molar-refractivity contribution in [1.82, 2.24) is 9.55 Å². The fraction of sp³-hybridized carbons (Fsp3) is 0.333. The van der Waals surface area contributed by atoms with Gasteiger partial charge in [0.15, 0.2) is 0 Å². The summed E-state index contributed by atoms with van der Waals surface area (Å²) in [5, 5.41) is 3.43. The summed E-state index contributed by atoms with van der Waals surface area (Å²) in [6.07, 6.45) is 1.67. The fourth-order valence-corrected chi connectivity index (χ4v) is 4.05. The zero-order valence-corrected chi connectivity index (χ0v) is 18.0. The van der Waals surface area contributed by atoms with E-state index in [1.807, 2.05) is 45.3 Å². The summed E-state index contributed by atoms with van der Waals surface area (Å²) in [5.74, 6) is 0.480. The number of ether oxygens (including phenoxy) is 1. The Balaban J connectivity index is 1.95. The fourth-order valence-electron chi connectivity index (χ4n) is 4.05. The van der Waals surface area contributed by atoms with Crippen LogP contribution < -0.4 is 10.2 Å². The molecule has 1 aliphatic rings. The van der Waals surface area contributed by atoms with Gasteiger partial charge in [0, 0.05) is 25.5 Å². The molecule has 6 heteroatoms. The molecule has 0 aliphatic carbocycles. The van der Waals surface area contributed by atoms with Crippen LogP contribution in [0, 0.1) is 0 Å². The number of anilines is 2. The highest BCUT2D eigenvalue weighted by atomic mass is 16.5. The molecule has 0 radical (unpaired) electrons. The SMILES string of the molecule is CCCC1=C(C(=O)OCC)[C@H](c2ccc(N(C)C)cc2)n2c(nc3ccccc32)N1. The van der Waals surface area contributed by atoms with Crippen LogP contribution in [0.3, 0.4) is 0 Å². The van der Waals surface area contributed by atoms with E-state index in [4.69, 9.17) is 9.72 Å². The standard InChI is InChI=1S/C24H28N4O2/c1-5-9-19-21(23(29)30-6-2)22(16-12-14-17(15-13-16)27(3)4)28-20-11-8-7-10-18(20)25-24(28)26-19/h7-8,10-15,22H,5-6,9H2,1-4H3,(H,25,26)/t22-/m0/s1. The van der Waals surface area contributed by atoms with Crippen LogP contribution in [0.5, 0.6) is 0 Å². The van der Waals surface area contributed by atoms with Gasteiger partial charge in [-0.2, -0.15) is 0 Å². The Hall–Kier alpha value is -3.28. The number of para-hydroxylation sites is 2. The van der Waals surface area contributed by atoms with E-state index in [2.05, 4.69) is 46.0 Å². The molecule has 4 rings (SSSR count). The average molecular weight is 405 g/mol. The predicted molar refractivity (Wildman–Crippen MR) is 121 cm³/mol. The van der Waals surface area contributed by atoms with Crippen LogP contribution in [0.4, 0.5) is 11.6 Å². The van der Waals surface area contributed by atoms with E-state index in [0.717, 1.165) is 46.8 Å². The lowest BCUT2D eigenvalue weighted by Gasteiger charge is -2.31. The van der Waals surface area contributed by atoms with Gasteiger partial charge in [0.2, 0.25) is 5.95 Å². The topological polar surface area (TPSA) is 59.4 Å². The zero-order valence-electron chi connectivity index (χ0n) is 18.0. The number of aromatic nitrogens is 2. The summed E-state index contributed by atoms with van der Waals surface area (Å²) in [4.78, 5) is 20.0. The second kappa shape index (κ2) is 8.22. The number of nitrogens with zero attached hydrogens (tertiary/aromatic N) is 3. The summed E-state index contributed by atoms with van der Waals surface area (Å²) >= 11 is 0. The van der Waals surface area contributed by atoms with Crippen LogP contribution in [0.1, 0.15) is 38.3 Å². The van der Waals surface area contributed by atoms with Crippen molar-refractivity contribution in [2.24, 2.45) is 0 Å². The first-order valence-corrected chi connectivity index (χ1v) is 10.5. The lowest BCUT2D eigenvalue weighted by molar-refractivity contribution is -0.139. The molecular formula is C24H28N4O2. The van der Waals surface area contributed by atoms with Crippen molar-refractivity contribution in [2.75, 3.05) is 30.9 Å². The van der Waals surface area contributed by atoms with E-state index in [1.54, 1.807) is 0 Å². The summed E-state index contributed by atoms with van der Waals surface area (Å²) < 4.78 is 7.61. The number of rotatable bonds is 6. The van der Waals surface area contributed by atoms with Crippen molar-refractivity contribution >= 4 is 28.6 Å². The van der Waals surface area contributed by atoms with E-state index in [-0.39, 0.29) is 12.0 Å². The minimum Gasteiger partial charge on any atom is -0.463 e. The molecule has 3 aromatic rings. The number of carbonyl (C=O) groups is 1. The van der Waals surface area contributed by atoms with Crippen molar-refractivity contribution < 1.29 is 9.53 Å². The van der Waals surface area contributed by atoms with Crippen LogP contribution in [0.25, 0.3) is 11.0 Å². The number of hydrogen-bond donors (Lipinski definition) is 1. The van der Waals surface area contributed by atoms with Crippen LogP contribution in [-0.2, 0) is 9.53 Å². The second-order valence-corrected chi connectivity index (χ2v) is 7.67. The summed E-state index contributed by atoms with van der Waals surface area (Å²) in [5.41, 5.74) is 5.57. The summed E-state index contributed by atoms with van der Waals surface area (Å²) in [7, 11) is 4.04. The number of esters is 1. The van der Waals surface area contributed by atoms with Crippen molar-refractivity contribution in [1.29, 1.82) is 0 Å². The molecule has 0 spiro atoms. The quantitative estimate of drug-likeness (QED) is 0.602. The lowest BCUT2D eigenvalue weighted by atomic mass is 9.93. The van der Waals surface area contributed by atoms with Crippen LogP contribution in [-0.4, -0.2) is 36.2 Å². The van der Waals surface area contributed by atoms with E-state index in [9.17, 15) is 4.79 Å². The maximum absolute atomic E-state index is 13.1. The molecule has 0 fully saturated rings. The van der Waals surface area contributed by atoms with Crippen molar-refractivity contribution in [2.45, 2.75) is 32.7 Å². The van der Waals surface area contributed by atoms with Gasteiger partial charge in [-0.15, -0.1) is 0 Å². The molecule has 1 aliphatic heterocycles. The first-order valence-electron chi connectivity index (χ1n) is 10.5. The number of fused-ring (bicyclic) bond motifs is 3. The zero-order chi connectivity index (χ0) is 21.3. The molecule has 156 valence electrons. The Morgan fingerprint density at radius 3 is 2.53 bits per heavy atom. The normalized spacial score (nSPS) is 15.7. The van der Waals surface area contributed by atoms with E-state index in [0.29, 0.717) is 12.2 Å². The third kappa shape index (κ3) is 3.43. The van der Waals surface area contributed by atoms with Gasteiger partial charge < -0.3 is 15.0 Å². The van der Waals surface area contributed by atoms with Gasteiger partial charge in [0.25, 0.3) is 0 Å². The summed E-state index contributed by atoms with van der Waals surface area (Å²) in [6, 6.07) is 16.1. The van der Waals surface area contributed by atoms with Crippen LogP contribution in [0.15, 0.2) is 59.8 Å². The smallest absolute Gasteiger partial charge is 0.338 e.